The summed E-state index contributed by atoms with van der Waals surface area (Å²) in [5.41, 5.74) is 0. The zero-order chi connectivity index (χ0) is 6.95. The van der Waals surface area contributed by atoms with Gasteiger partial charge in [0.05, 0.1) is 0 Å². The van der Waals surface area contributed by atoms with E-state index in [0.717, 1.165) is 0 Å². The minimum Gasteiger partial charge on any atom is -0.328 e. The van der Waals surface area contributed by atoms with Gasteiger partial charge in [0.2, 0.25) is 0 Å². The van der Waals surface area contributed by atoms with Crippen LogP contribution in [-0.4, -0.2) is 0 Å². The predicted octanol–water partition coefficient (Wildman–Crippen LogP) is 0.575. The van der Waals surface area contributed by atoms with E-state index in [1.165, 1.54) is 38.5 Å². The predicted molar refractivity (Wildman–Crippen MR) is 43.4 cm³/mol. The van der Waals surface area contributed by atoms with Crippen LogP contribution in [0.25, 0.3) is 0 Å². The summed E-state index contributed by atoms with van der Waals surface area (Å²) in [6, 6.07) is 0. The number of unbranched alkanes of at least 4 members (excludes halogenated alkanes) is 6. The Morgan fingerprint density at radius 2 is 1.30 bits per heavy atom. The molecule has 0 aromatic heterocycles. The molecule has 56 valence electrons. The van der Waals surface area contributed by atoms with Gasteiger partial charge in [-0.15, -0.1) is 0 Å². The summed E-state index contributed by atoms with van der Waals surface area (Å²) in [4.78, 5) is 0. The van der Waals surface area contributed by atoms with Crippen LogP contribution in [-0.2, 0) is 0 Å². The van der Waals surface area contributed by atoms with Crippen LogP contribution < -0.4 is 51.4 Å². The Balaban J connectivity index is 0. The van der Waals surface area contributed by atoms with Crippen molar-refractivity contribution in [1.29, 1.82) is 0 Å². The molecule has 10 heavy (non-hydrogen) atoms. The molecule has 1 heteroatoms. The second-order valence-corrected chi connectivity index (χ2v) is 2.57. The topological polar surface area (TPSA) is 0 Å². The van der Waals surface area contributed by atoms with Crippen molar-refractivity contribution in [2.75, 3.05) is 0 Å². The third kappa shape index (κ3) is 12.3. The Kier molecular flexibility index (Phi) is 18.8. The molecule has 0 saturated carbocycles. The Morgan fingerprint density at radius 1 is 0.900 bits per heavy atom. The number of rotatable bonds is 6. The molecule has 0 saturated heterocycles. The second kappa shape index (κ2) is 13.2. The van der Waals surface area contributed by atoms with Crippen molar-refractivity contribution in [2.45, 2.75) is 52.4 Å². The monoisotopic (exact) mass is 166 g/mol. The molecule has 0 atom stereocenters. The summed E-state index contributed by atoms with van der Waals surface area (Å²) < 4.78 is 0. The van der Waals surface area contributed by atoms with Crippen molar-refractivity contribution < 1.29 is 51.4 Å². The summed E-state index contributed by atoms with van der Waals surface area (Å²) in [5.74, 6) is 0. The van der Waals surface area contributed by atoms with E-state index in [0.29, 0.717) is 0 Å². The smallest absolute Gasteiger partial charge is 0.328 e. The zero-order valence-corrected chi connectivity index (χ0v) is 10.9. The van der Waals surface area contributed by atoms with E-state index in [4.69, 9.17) is 0 Å². The Hall–Kier alpha value is 1.64. The largest absolute Gasteiger partial charge is 1.00 e. The van der Waals surface area contributed by atoms with Gasteiger partial charge < -0.3 is 6.42 Å². The quantitative estimate of drug-likeness (QED) is 0.307. The van der Waals surface area contributed by atoms with Gasteiger partial charge in [-0.25, -0.2) is 0 Å². The maximum atomic E-state index is 2.42. The number of hydrogen-bond acceptors (Lipinski definition) is 0. The van der Waals surface area contributed by atoms with Crippen molar-refractivity contribution in [3.05, 3.63) is 6.42 Å². The van der Waals surface area contributed by atoms with E-state index < -0.39 is 0 Å². The van der Waals surface area contributed by atoms with E-state index in [-0.39, 0.29) is 51.4 Å². The van der Waals surface area contributed by atoms with Crippen molar-refractivity contribution in [1.82, 2.24) is 0 Å². The second-order valence-electron chi connectivity index (χ2n) is 2.57. The van der Waals surface area contributed by atoms with Gasteiger partial charge in [0, 0.05) is 0 Å². The zero-order valence-electron chi connectivity index (χ0n) is 7.82. The molecule has 0 aliphatic heterocycles. The van der Waals surface area contributed by atoms with Crippen LogP contribution in [0.2, 0.25) is 0 Å². The maximum absolute atomic E-state index is 2.42. The van der Waals surface area contributed by atoms with Gasteiger partial charge in [0.15, 0.2) is 0 Å². The molecule has 0 spiro atoms. The van der Waals surface area contributed by atoms with Gasteiger partial charge >= 0.3 is 51.4 Å². The van der Waals surface area contributed by atoms with Gasteiger partial charge in [-0.05, 0) is 0 Å². The van der Waals surface area contributed by atoms with E-state index in [1.54, 1.807) is 0 Å². The van der Waals surface area contributed by atoms with Crippen LogP contribution in [0.5, 0.6) is 0 Å². The van der Waals surface area contributed by atoms with Crippen LogP contribution in [0.3, 0.4) is 0 Å². The summed E-state index contributed by atoms with van der Waals surface area (Å²) in [6.45, 7) is 4.49. The third-order valence-electron chi connectivity index (χ3n) is 1.52. The summed E-state index contributed by atoms with van der Waals surface area (Å²) >= 11 is 0. The van der Waals surface area contributed by atoms with Crippen LogP contribution in [0.15, 0.2) is 0 Å². The normalized spacial score (nSPS) is 9.00. The van der Waals surface area contributed by atoms with Crippen LogP contribution >= 0.6 is 0 Å². The van der Waals surface area contributed by atoms with Gasteiger partial charge in [-0.1, -0.05) is 39.5 Å². The molecule has 0 nitrogen and oxygen atoms in total. The molecule has 0 N–H and O–H groups in total. The number of hydrogen-bond donors (Lipinski definition) is 0. The molecule has 0 heterocycles. The Morgan fingerprint density at radius 3 is 1.60 bits per heavy atom. The summed E-state index contributed by atoms with van der Waals surface area (Å²) in [5, 5.41) is 0. The fourth-order valence-corrected chi connectivity index (χ4v) is 0.841. The Labute approximate surface area is 109 Å². The van der Waals surface area contributed by atoms with Crippen molar-refractivity contribution in [3.8, 4) is 0 Å². The van der Waals surface area contributed by atoms with Crippen LogP contribution in [0, 0.1) is 6.42 Å². The molecule has 0 amide bonds. The van der Waals surface area contributed by atoms with Gasteiger partial charge in [-0.2, -0.15) is 12.8 Å². The third-order valence-corrected chi connectivity index (χ3v) is 1.52. The van der Waals surface area contributed by atoms with Crippen molar-refractivity contribution in [2.24, 2.45) is 0 Å². The van der Waals surface area contributed by atoms with Gasteiger partial charge in [0.1, 0.15) is 0 Å². The standard InChI is InChI=1S/C9H19.K/c1-3-5-7-9-8-6-4-2;/h9H,3-8H2,1-2H3;/q-1;+1. The first-order valence-electron chi connectivity index (χ1n) is 4.23. The average Bonchev–Trinajstić information content (AvgIpc) is 1.89. The molecular formula is C9H19K. The first kappa shape index (κ1) is 14.2. The van der Waals surface area contributed by atoms with Gasteiger partial charge in [0.25, 0.3) is 0 Å². The molecule has 0 fully saturated rings. The van der Waals surface area contributed by atoms with Crippen LogP contribution in [0.1, 0.15) is 52.4 Å². The molecule has 0 bridgehead atoms. The first-order chi connectivity index (χ1) is 4.41. The van der Waals surface area contributed by atoms with Crippen molar-refractivity contribution >= 4 is 0 Å². The van der Waals surface area contributed by atoms with Crippen LogP contribution in [0.4, 0.5) is 0 Å². The fraction of sp³-hybridized carbons (Fsp3) is 0.889. The molecule has 0 aliphatic carbocycles. The minimum absolute atomic E-state index is 0. The van der Waals surface area contributed by atoms with E-state index in [9.17, 15) is 0 Å². The van der Waals surface area contributed by atoms with E-state index in [2.05, 4.69) is 20.3 Å². The molecule has 0 aromatic rings. The van der Waals surface area contributed by atoms with E-state index in [1.807, 2.05) is 0 Å². The summed E-state index contributed by atoms with van der Waals surface area (Å²) in [7, 11) is 0. The van der Waals surface area contributed by atoms with Gasteiger partial charge in [-0.3, -0.25) is 0 Å². The molecular weight excluding hydrogens is 147 g/mol. The summed E-state index contributed by atoms with van der Waals surface area (Å²) in [6.07, 6.45) is 10.5. The maximum Gasteiger partial charge on any atom is 1.00 e. The molecule has 0 aromatic carbocycles. The molecule has 0 rings (SSSR count). The minimum atomic E-state index is 0. The first-order valence-corrected chi connectivity index (χ1v) is 4.23. The molecule has 0 aliphatic rings. The molecule has 0 unspecified atom stereocenters. The fourth-order valence-electron chi connectivity index (χ4n) is 0.841. The Bertz CT molecular complexity index is 38.0. The molecule has 0 radical (unpaired) electrons. The van der Waals surface area contributed by atoms with E-state index >= 15 is 0 Å². The average molecular weight is 166 g/mol. The SMILES string of the molecule is CCCC[CH-]CCCC.[K+]. The van der Waals surface area contributed by atoms with Crippen molar-refractivity contribution in [3.63, 3.8) is 0 Å².